The molecule has 0 aliphatic rings. The third-order valence-corrected chi connectivity index (χ3v) is 1.61. The average Bonchev–Trinajstić information content (AvgIpc) is 2.25. The predicted molar refractivity (Wildman–Crippen MR) is 52.7 cm³/mol. The molecular formula is C10H14N2O2. The van der Waals surface area contributed by atoms with Gasteiger partial charge in [-0.2, -0.15) is 0 Å². The second-order valence-electron chi connectivity index (χ2n) is 2.86. The highest BCUT2D eigenvalue weighted by Gasteiger charge is 2.00. The van der Waals surface area contributed by atoms with Crippen molar-refractivity contribution in [2.45, 2.75) is 20.0 Å². The van der Waals surface area contributed by atoms with E-state index in [1.807, 2.05) is 19.1 Å². The number of ether oxygens (including phenoxy) is 1. The first-order chi connectivity index (χ1) is 6.83. The maximum absolute atomic E-state index is 11.0. The van der Waals surface area contributed by atoms with Crippen molar-refractivity contribution in [2.75, 3.05) is 6.54 Å². The molecule has 4 nitrogen and oxygen atoms in total. The second-order valence-corrected chi connectivity index (χ2v) is 2.86. The number of alkyl carbamates (subject to hydrolysis) is 1. The molecule has 0 atom stereocenters. The summed E-state index contributed by atoms with van der Waals surface area (Å²) < 4.78 is 4.94. The van der Waals surface area contributed by atoms with Crippen LogP contribution in [0, 0.1) is 0 Å². The van der Waals surface area contributed by atoms with Crippen LogP contribution in [0.5, 0.6) is 0 Å². The summed E-state index contributed by atoms with van der Waals surface area (Å²) in [6.07, 6.45) is 3.88. The lowest BCUT2D eigenvalue weighted by atomic mass is 10.3. The molecule has 0 unspecified atom stereocenters. The largest absolute Gasteiger partial charge is 0.445 e. The molecule has 1 aromatic heterocycles. The smallest absolute Gasteiger partial charge is 0.407 e. The normalized spacial score (nSPS) is 9.50. The van der Waals surface area contributed by atoms with E-state index in [4.69, 9.17) is 4.74 Å². The van der Waals surface area contributed by atoms with Gasteiger partial charge in [0.2, 0.25) is 0 Å². The molecule has 0 radical (unpaired) electrons. The van der Waals surface area contributed by atoms with Crippen molar-refractivity contribution < 1.29 is 9.53 Å². The summed E-state index contributed by atoms with van der Waals surface area (Å²) in [5.41, 5.74) is 0.888. The summed E-state index contributed by atoms with van der Waals surface area (Å²) in [7, 11) is 0. The SMILES string of the molecule is CCCNC(=O)OCc1cccnc1. The molecular weight excluding hydrogens is 180 g/mol. The zero-order valence-electron chi connectivity index (χ0n) is 8.19. The van der Waals surface area contributed by atoms with E-state index >= 15 is 0 Å². The van der Waals surface area contributed by atoms with Crippen molar-refractivity contribution in [2.24, 2.45) is 0 Å². The van der Waals surface area contributed by atoms with Crippen LogP contribution in [-0.2, 0) is 11.3 Å². The molecule has 0 spiro atoms. The molecule has 1 amide bonds. The maximum atomic E-state index is 11.0. The Morgan fingerprint density at radius 1 is 1.64 bits per heavy atom. The van der Waals surface area contributed by atoms with E-state index in [0.717, 1.165) is 12.0 Å². The first-order valence-corrected chi connectivity index (χ1v) is 4.62. The van der Waals surface area contributed by atoms with E-state index in [1.54, 1.807) is 12.4 Å². The molecule has 1 heterocycles. The topological polar surface area (TPSA) is 51.2 Å². The number of nitrogens with zero attached hydrogens (tertiary/aromatic N) is 1. The Kier molecular flexibility index (Phi) is 4.47. The summed E-state index contributed by atoms with van der Waals surface area (Å²) in [6.45, 7) is 2.90. The van der Waals surface area contributed by atoms with Crippen LogP contribution in [0.4, 0.5) is 4.79 Å². The Labute approximate surface area is 83.3 Å². The van der Waals surface area contributed by atoms with Gasteiger partial charge in [0.25, 0.3) is 0 Å². The summed E-state index contributed by atoms with van der Waals surface area (Å²) in [4.78, 5) is 14.9. The Bertz CT molecular complexity index is 275. The molecule has 76 valence electrons. The van der Waals surface area contributed by atoms with Crippen LogP contribution in [-0.4, -0.2) is 17.6 Å². The van der Waals surface area contributed by atoms with Crippen molar-refractivity contribution in [1.82, 2.24) is 10.3 Å². The summed E-state index contributed by atoms with van der Waals surface area (Å²) in [6, 6.07) is 3.67. The van der Waals surface area contributed by atoms with Crippen LogP contribution in [0.15, 0.2) is 24.5 Å². The van der Waals surface area contributed by atoms with Crippen LogP contribution >= 0.6 is 0 Å². The van der Waals surface area contributed by atoms with Crippen molar-refractivity contribution in [3.8, 4) is 0 Å². The molecule has 0 aliphatic carbocycles. The maximum Gasteiger partial charge on any atom is 0.407 e. The average molecular weight is 194 g/mol. The van der Waals surface area contributed by atoms with Crippen LogP contribution < -0.4 is 5.32 Å². The van der Waals surface area contributed by atoms with Crippen molar-refractivity contribution in [3.05, 3.63) is 30.1 Å². The van der Waals surface area contributed by atoms with Gasteiger partial charge in [-0.3, -0.25) is 4.98 Å². The number of rotatable bonds is 4. The van der Waals surface area contributed by atoms with Gasteiger partial charge < -0.3 is 10.1 Å². The standard InChI is InChI=1S/C10H14N2O2/c1-2-5-12-10(13)14-8-9-4-3-6-11-7-9/h3-4,6-7H,2,5,8H2,1H3,(H,12,13). The van der Waals surface area contributed by atoms with Gasteiger partial charge in [0.1, 0.15) is 6.61 Å². The van der Waals surface area contributed by atoms with Gasteiger partial charge in [0.15, 0.2) is 0 Å². The number of aromatic nitrogens is 1. The van der Waals surface area contributed by atoms with Crippen LogP contribution in [0.1, 0.15) is 18.9 Å². The third kappa shape index (κ3) is 3.89. The monoisotopic (exact) mass is 194 g/mol. The van der Waals surface area contributed by atoms with Crippen LogP contribution in [0.3, 0.4) is 0 Å². The van der Waals surface area contributed by atoms with E-state index in [1.165, 1.54) is 0 Å². The number of pyridine rings is 1. The first-order valence-electron chi connectivity index (χ1n) is 4.62. The summed E-state index contributed by atoms with van der Waals surface area (Å²) >= 11 is 0. The molecule has 1 aromatic rings. The quantitative estimate of drug-likeness (QED) is 0.794. The highest BCUT2D eigenvalue weighted by atomic mass is 16.5. The van der Waals surface area contributed by atoms with Crippen molar-refractivity contribution in [3.63, 3.8) is 0 Å². The van der Waals surface area contributed by atoms with Crippen molar-refractivity contribution in [1.29, 1.82) is 0 Å². The fourth-order valence-corrected chi connectivity index (χ4v) is 0.910. The lowest BCUT2D eigenvalue weighted by Crippen LogP contribution is -2.24. The van der Waals surface area contributed by atoms with Gasteiger partial charge in [0, 0.05) is 24.5 Å². The number of hydrogen-bond acceptors (Lipinski definition) is 3. The summed E-state index contributed by atoms with van der Waals surface area (Å²) in [5, 5.41) is 2.62. The molecule has 1 rings (SSSR count). The van der Waals surface area contributed by atoms with E-state index in [9.17, 15) is 4.79 Å². The van der Waals surface area contributed by atoms with E-state index in [2.05, 4.69) is 10.3 Å². The Morgan fingerprint density at radius 2 is 2.50 bits per heavy atom. The zero-order chi connectivity index (χ0) is 10.2. The number of amides is 1. The number of carbonyl (C=O) groups excluding carboxylic acids is 1. The molecule has 4 heteroatoms. The van der Waals surface area contributed by atoms with E-state index < -0.39 is 0 Å². The van der Waals surface area contributed by atoms with Gasteiger partial charge in [-0.15, -0.1) is 0 Å². The Hall–Kier alpha value is -1.58. The molecule has 1 N–H and O–H groups in total. The molecule has 0 saturated heterocycles. The molecule has 14 heavy (non-hydrogen) atoms. The van der Waals surface area contributed by atoms with Gasteiger partial charge >= 0.3 is 6.09 Å². The lowest BCUT2D eigenvalue weighted by Gasteiger charge is -2.05. The van der Waals surface area contributed by atoms with Gasteiger partial charge in [0.05, 0.1) is 0 Å². The summed E-state index contributed by atoms with van der Waals surface area (Å²) in [5.74, 6) is 0. The molecule has 0 fully saturated rings. The fourth-order valence-electron chi connectivity index (χ4n) is 0.910. The number of nitrogens with one attached hydrogen (secondary N) is 1. The second kappa shape index (κ2) is 5.96. The van der Waals surface area contributed by atoms with E-state index in [0.29, 0.717) is 6.54 Å². The highest BCUT2D eigenvalue weighted by molar-refractivity contribution is 5.67. The molecule has 0 aromatic carbocycles. The molecule has 0 bridgehead atoms. The van der Waals surface area contributed by atoms with Crippen molar-refractivity contribution >= 4 is 6.09 Å². The zero-order valence-corrected chi connectivity index (χ0v) is 8.19. The lowest BCUT2D eigenvalue weighted by molar-refractivity contribution is 0.139. The number of carbonyl (C=O) groups is 1. The minimum absolute atomic E-state index is 0.267. The molecule has 0 saturated carbocycles. The van der Waals surface area contributed by atoms with Gasteiger partial charge in [-0.1, -0.05) is 13.0 Å². The Morgan fingerprint density at radius 3 is 3.14 bits per heavy atom. The van der Waals surface area contributed by atoms with Gasteiger partial charge in [-0.25, -0.2) is 4.79 Å². The minimum atomic E-state index is -0.379. The predicted octanol–water partition coefficient (Wildman–Crippen LogP) is 1.72. The van der Waals surface area contributed by atoms with Gasteiger partial charge in [-0.05, 0) is 12.5 Å². The van der Waals surface area contributed by atoms with Crippen LogP contribution in [0.25, 0.3) is 0 Å². The highest BCUT2D eigenvalue weighted by Crippen LogP contribution is 1.97. The first kappa shape index (κ1) is 10.5. The third-order valence-electron chi connectivity index (χ3n) is 1.61. The minimum Gasteiger partial charge on any atom is -0.445 e. The molecule has 0 aliphatic heterocycles. The number of hydrogen-bond donors (Lipinski definition) is 1. The van der Waals surface area contributed by atoms with Crippen LogP contribution in [0.2, 0.25) is 0 Å². The van der Waals surface area contributed by atoms with E-state index in [-0.39, 0.29) is 12.7 Å². The fraction of sp³-hybridized carbons (Fsp3) is 0.400. The Balaban J connectivity index is 2.24.